The number of rotatable bonds is 4. The van der Waals surface area contributed by atoms with Crippen molar-refractivity contribution >= 4 is 17.0 Å². The van der Waals surface area contributed by atoms with Gasteiger partial charge in [0.25, 0.3) is 0 Å². The average molecular weight is 272 g/mol. The number of nitrogens with zero attached hydrogens (tertiary/aromatic N) is 2. The summed E-state index contributed by atoms with van der Waals surface area (Å²) >= 11 is 1.77. The van der Waals surface area contributed by atoms with Crippen molar-refractivity contribution in [1.29, 1.82) is 0 Å². The number of fused-ring (bicyclic) bond motifs is 1. The first kappa shape index (κ1) is 12.4. The Morgan fingerprint density at radius 1 is 1.26 bits per heavy atom. The summed E-state index contributed by atoms with van der Waals surface area (Å²) < 4.78 is 1.93. The first-order valence-corrected chi connectivity index (χ1v) is 7.27. The van der Waals surface area contributed by atoms with Crippen LogP contribution in [0, 0.1) is 0 Å². The summed E-state index contributed by atoms with van der Waals surface area (Å²) in [6.07, 6.45) is 4.99. The molecule has 3 rings (SSSR count). The SMILES string of the molecule is CCc1ccc(CC(O)c2cn3ccccc3n2)s1. The first-order chi connectivity index (χ1) is 9.26. The van der Waals surface area contributed by atoms with Crippen molar-refractivity contribution in [2.45, 2.75) is 25.9 Å². The summed E-state index contributed by atoms with van der Waals surface area (Å²) in [4.78, 5) is 7.02. The van der Waals surface area contributed by atoms with E-state index in [2.05, 4.69) is 24.0 Å². The van der Waals surface area contributed by atoms with E-state index < -0.39 is 6.10 Å². The second-order valence-corrected chi connectivity index (χ2v) is 5.83. The smallest absolute Gasteiger partial charge is 0.137 e. The minimum atomic E-state index is -0.539. The molecule has 0 aliphatic heterocycles. The third-order valence-corrected chi connectivity index (χ3v) is 4.44. The molecular formula is C15H16N2OS. The lowest BCUT2D eigenvalue weighted by atomic mass is 10.2. The van der Waals surface area contributed by atoms with Gasteiger partial charge in [-0.05, 0) is 30.7 Å². The van der Waals surface area contributed by atoms with Crippen LogP contribution in [0.5, 0.6) is 0 Å². The Balaban J connectivity index is 1.81. The fraction of sp³-hybridized carbons (Fsp3) is 0.267. The van der Waals surface area contributed by atoms with Crippen LogP contribution in [0.4, 0.5) is 0 Å². The minimum absolute atomic E-state index is 0.539. The van der Waals surface area contributed by atoms with Crippen molar-refractivity contribution in [2.24, 2.45) is 0 Å². The average Bonchev–Trinajstić information content (AvgIpc) is 3.04. The molecule has 0 aliphatic carbocycles. The van der Waals surface area contributed by atoms with Gasteiger partial charge >= 0.3 is 0 Å². The monoisotopic (exact) mass is 272 g/mol. The standard InChI is InChI=1S/C15H16N2OS/c1-2-11-6-7-12(19-11)9-14(18)13-10-17-8-4-3-5-15(17)16-13/h3-8,10,14,18H,2,9H2,1H3. The van der Waals surface area contributed by atoms with Gasteiger partial charge in [-0.3, -0.25) is 0 Å². The molecule has 3 aromatic heterocycles. The molecule has 0 amide bonds. The summed E-state index contributed by atoms with van der Waals surface area (Å²) in [5.74, 6) is 0. The lowest BCUT2D eigenvalue weighted by Gasteiger charge is -2.04. The topological polar surface area (TPSA) is 37.5 Å². The van der Waals surface area contributed by atoms with E-state index in [1.54, 1.807) is 11.3 Å². The van der Waals surface area contributed by atoms with E-state index in [9.17, 15) is 5.11 Å². The second kappa shape index (κ2) is 5.15. The van der Waals surface area contributed by atoms with Crippen molar-refractivity contribution in [3.8, 4) is 0 Å². The number of aromatic nitrogens is 2. The molecule has 0 aliphatic rings. The molecule has 0 saturated heterocycles. The normalized spacial score (nSPS) is 12.9. The van der Waals surface area contributed by atoms with E-state index in [1.807, 2.05) is 35.0 Å². The molecule has 0 fully saturated rings. The van der Waals surface area contributed by atoms with Crippen LogP contribution in [0.25, 0.3) is 5.65 Å². The van der Waals surface area contributed by atoms with Crippen LogP contribution in [0.3, 0.4) is 0 Å². The molecule has 4 heteroatoms. The molecule has 1 atom stereocenters. The van der Waals surface area contributed by atoms with Gasteiger partial charge in [0, 0.05) is 28.6 Å². The summed E-state index contributed by atoms with van der Waals surface area (Å²) in [6.45, 7) is 2.15. The molecular weight excluding hydrogens is 256 g/mol. The van der Waals surface area contributed by atoms with Crippen LogP contribution < -0.4 is 0 Å². The molecule has 0 radical (unpaired) electrons. The zero-order valence-corrected chi connectivity index (χ0v) is 11.6. The third kappa shape index (κ3) is 2.55. The molecule has 19 heavy (non-hydrogen) atoms. The molecule has 98 valence electrons. The van der Waals surface area contributed by atoms with Crippen molar-refractivity contribution < 1.29 is 5.11 Å². The Hall–Kier alpha value is -1.65. The Morgan fingerprint density at radius 3 is 2.84 bits per heavy atom. The zero-order chi connectivity index (χ0) is 13.2. The van der Waals surface area contributed by atoms with Crippen LogP contribution in [-0.2, 0) is 12.8 Å². The van der Waals surface area contributed by atoms with E-state index in [0.29, 0.717) is 6.42 Å². The number of aliphatic hydroxyl groups excluding tert-OH is 1. The largest absolute Gasteiger partial charge is 0.386 e. The van der Waals surface area contributed by atoms with E-state index in [4.69, 9.17) is 0 Å². The van der Waals surface area contributed by atoms with Crippen molar-refractivity contribution in [3.05, 3.63) is 58.2 Å². The van der Waals surface area contributed by atoms with Gasteiger partial charge in [0.2, 0.25) is 0 Å². The number of imidazole rings is 1. The highest BCUT2D eigenvalue weighted by atomic mass is 32.1. The van der Waals surface area contributed by atoms with Gasteiger partial charge in [-0.1, -0.05) is 13.0 Å². The molecule has 0 saturated carbocycles. The van der Waals surface area contributed by atoms with Crippen LogP contribution in [0.1, 0.15) is 28.5 Å². The Morgan fingerprint density at radius 2 is 2.11 bits per heavy atom. The molecule has 0 aromatic carbocycles. The Labute approximate surface area is 116 Å². The maximum Gasteiger partial charge on any atom is 0.137 e. The lowest BCUT2D eigenvalue weighted by molar-refractivity contribution is 0.175. The van der Waals surface area contributed by atoms with Gasteiger partial charge in [0.05, 0.1) is 5.69 Å². The minimum Gasteiger partial charge on any atom is -0.386 e. The summed E-state index contributed by atoms with van der Waals surface area (Å²) in [7, 11) is 0. The number of aliphatic hydroxyl groups is 1. The summed E-state index contributed by atoms with van der Waals surface area (Å²) in [6, 6.07) is 10.1. The van der Waals surface area contributed by atoms with E-state index in [-0.39, 0.29) is 0 Å². The quantitative estimate of drug-likeness (QED) is 0.791. The number of hydrogen-bond acceptors (Lipinski definition) is 3. The van der Waals surface area contributed by atoms with Gasteiger partial charge in [0.1, 0.15) is 11.8 Å². The maximum absolute atomic E-state index is 10.3. The fourth-order valence-corrected chi connectivity index (χ4v) is 3.13. The van der Waals surface area contributed by atoms with Crippen LogP contribution in [0.15, 0.2) is 42.7 Å². The zero-order valence-electron chi connectivity index (χ0n) is 10.8. The molecule has 1 N–H and O–H groups in total. The summed E-state index contributed by atoms with van der Waals surface area (Å²) in [5.41, 5.74) is 1.61. The van der Waals surface area contributed by atoms with Crippen LogP contribution in [-0.4, -0.2) is 14.5 Å². The van der Waals surface area contributed by atoms with Crippen LogP contribution in [0.2, 0.25) is 0 Å². The van der Waals surface area contributed by atoms with Gasteiger partial charge < -0.3 is 9.51 Å². The molecule has 0 bridgehead atoms. The third-order valence-electron chi connectivity index (χ3n) is 3.18. The second-order valence-electron chi connectivity index (χ2n) is 4.57. The molecule has 3 heterocycles. The number of aryl methyl sites for hydroxylation is 1. The van der Waals surface area contributed by atoms with Crippen molar-refractivity contribution in [1.82, 2.24) is 9.38 Å². The van der Waals surface area contributed by atoms with Crippen molar-refractivity contribution in [3.63, 3.8) is 0 Å². The van der Waals surface area contributed by atoms with Crippen LogP contribution >= 0.6 is 11.3 Å². The summed E-state index contributed by atoms with van der Waals surface area (Å²) in [5, 5.41) is 10.3. The number of pyridine rings is 1. The fourth-order valence-electron chi connectivity index (χ4n) is 2.13. The predicted octanol–water partition coefficient (Wildman–Crippen LogP) is 3.23. The van der Waals surface area contributed by atoms with Crippen molar-refractivity contribution in [2.75, 3.05) is 0 Å². The van der Waals surface area contributed by atoms with Gasteiger partial charge in [-0.15, -0.1) is 11.3 Å². The number of thiophene rings is 1. The highest BCUT2D eigenvalue weighted by Gasteiger charge is 2.13. The highest BCUT2D eigenvalue weighted by molar-refractivity contribution is 7.11. The molecule has 0 spiro atoms. The molecule has 3 nitrogen and oxygen atoms in total. The van der Waals surface area contributed by atoms with Gasteiger partial charge in [-0.2, -0.15) is 0 Å². The highest BCUT2D eigenvalue weighted by Crippen LogP contribution is 2.24. The first-order valence-electron chi connectivity index (χ1n) is 6.45. The maximum atomic E-state index is 10.3. The Bertz CT molecular complexity index is 653. The van der Waals surface area contributed by atoms with E-state index in [1.165, 1.54) is 9.75 Å². The van der Waals surface area contributed by atoms with Gasteiger partial charge in [-0.25, -0.2) is 4.98 Å². The van der Waals surface area contributed by atoms with Gasteiger partial charge in [0.15, 0.2) is 0 Å². The molecule has 1 unspecified atom stereocenters. The number of hydrogen-bond donors (Lipinski definition) is 1. The predicted molar refractivity (Wildman–Crippen MR) is 77.6 cm³/mol. The Kier molecular flexibility index (Phi) is 3.36. The lowest BCUT2D eigenvalue weighted by Crippen LogP contribution is -2.00. The molecule has 3 aromatic rings. The van der Waals surface area contributed by atoms with E-state index in [0.717, 1.165) is 17.8 Å². The van der Waals surface area contributed by atoms with E-state index >= 15 is 0 Å².